The van der Waals surface area contributed by atoms with Crippen LogP contribution in [0, 0.1) is 34.5 Å². The third-order valence-electron chi connectivity index (χ3n) is 9.88. The van der Waals surface area contributed by atoms with Crippen molar-refractivity contribution in [3.8, 4) is 11.8 Å². The number of rotatable bonds is 2. The molecule has 0 heterocycles. The molecule has 1 N–H and O–H groups in total. The number of ether oxygens (including phenoxy) is 1. The standard InChI is InChI=1S/C36H47NO4/c1-33(2,3)19-20-36(40)18-17-30-28-15-11-24-21-26(38)14-16-27(24)31(28)29(22-35(30,36)7)23-9-12-25(13-10-23)37(8)32(39)41-34(4,5)6/h9-10,12-13,21,28-30,40H,11,14-18,22H2,1-8H3/t28-,29+,30-,35-,36+/m0/s1. The summed E-state index contributed by atoms with van der Waals surface area (Å²) in [6.45, 7) is 14.2. The molecule has 1 aromatic rings. The first-order chi connectivity index (χ1) is 19.0. The molecule has 0 radical (unpaired) electrons. The van der Waals surface area contributed by atoms with Crippen molar-refractivity contribution in [1.29, 1.82) is 0 Å². The number of allylic oxidation sites excluding steroid dienone is 4. The van der Waals surface area contributed by atoms with E-state index in [4.69, 9.17) is 4.74 Å². The average Bonchev–Trinajstić information content (AvgIpc) is 3.15. The molecule has 2 fully saturated rings. The van der Waals surface area contributed by atoms with E-state index in [1.54, 1.807) is 11.9 Å². The highest BCUT2D eigenvalue weighted by Crippen LogP contribution is 2.66. The minimum atomic E-state index is -1.03. The topological polar surface area (TPSA) is 66.8 Å². The number of amides is 1. The molecule has 5 atom stereocenters. The first kappa shape index (κ1) is 29.6. The maximum atomic E-state index is 12.7. The fraction of sp³-hybridized carbons (Fsp3) is 0.611. The van der Waals surface area contributed by atoms with Crippen LogP contribution in [0.15, 0.2) is 47.1 Å². The number of hydrogen-bond donors (Lipinski definition) is 1. The van der Waals surface area contributed by atoms with Crippen LogP contribution in [0.25, 0.3) is 0 Å². The number of carbonyl (C=O) groups excluding carboxylic acids is 2. The first-order valence-corrected chi connectivity index (χ1v) is 15.3. The largest absolute Gasteiger partial charge is 0.443 e. The van der Waals surface area contributed by atoms with Crippen LogP contribution in [0.2, 0.25) is 0 Å². The van der Waals surface area contributed by atoms with E-state index in [0.717, 1.165) is 37.8 Å². The second kappa shape index (κ2) is 10.2. The Kier molecular flexibility index (Phi) is 7.35. The normalized spacial score (nSPS) is 31.3. The molecule has 4 aliphatic rings. The number of hydrogen-bond acceptors (Lipinski definition) is 4. The molecule has 1 aromatic carbocycles. The van der Waals surface area contributed by atoms with Gasteiger partial charge in [0.2, 0.25) is 0 Å². The molecule has 0 saturated heterocycles. The van der Waals surface area contributed by atoms with Gasteiger partial charge in [-0.3, -0.25) is 9.69 Å². The van der Waals surface area contributed by atoms with Gasteiger partial charge in [-0.15, -0.1) is 0 Å². The van der Waals surface area contributed by atoms with Gasteiger partial charge in [0, 0.05) is 35.9 Å². The van der Waals surface area contributed by atoms with Gasteiger partial charge in [-0.1, -0.05) is 36.5 Å². The van der Waals surface area contributed by atoms with Gasteiger partial charge in [0.05, 0.1) is 0 Å². The number of anilines is 1. The van der Waals surface area contributed by atoms with Crippen LogP contribution in [0.5, 0.6) is 0 Å². The Morgan fingerprint density at radius 3 is 2.37 bits per heavy atom. The van der Waals surface area contributed by atoms with Gasteiger partial charge in [-0.25, -0.2) is 4.79 Å². The van der Waals surface area contributed by atoms with Crippen molar-refractivity contribution in [2.24, 2.45) is 22.7 Å². The zero-order chi connectivity index (χ0) is 30.0. The van der Waals surface area contributed by atoms with Gasteiger partial charge < -0.3 is 9.84 Å². The SMILES string of the molecule is CN(C(=O)OC(C)(C)C)c1ccc([C@H]2C[C@@]3(C)[C@@H](CC[C@@]3(O)C#CC(C)(C)C)[C@@H]3CCC4=CC(=O)CCC4=C32)cc1. The van der Waals surface area contributed by atoms with Crippen molar-refractivity contribution in [2.75, 3.05) is 11.9 Å². The molecule has 41 heavy (non-hydrogen) atoms. The third kappa shape index (κ3) is 5.53. The van der Waals surface area contributed by atoms with Crippen molar-refractivity contribution in [1.82, 2.24) is 0 Å². The van der Waals surface area contributed by atoms with Crippen molar-refractivity contribution in [2.45, 2.75) is 111 Å². The quantitative estimate of drug-likeness (QED) is 0.378. The maximum absolute atomic E-state index is 12.7. The fourth-order valence-electron chi connectivity index (χ4n) is 7.83. The number of nitrogens with zero attached hydrogens (tertiary/aromatic N) is 1. The minimum Gasteiger partial charge on any atom is -0.443 e. The van der Waals surface area contributed by atoms with Gasteiger partial charge in [-0.05, 0) is 127 Å². The summed E-state index contributed by atoms with van der Waals surface area (Å²) >= 11 is 0. The molecule has 2 saturated carbocycles. The lowest BCUT2D eigenvalue weighted by Gasteiger charge is -2.53. The molecule has 220 valence electrons. The van der Waals surface area contributed by atoms with Crippen LogP contribution in [0.4, 0.5) is 10.5 Å². The molecule has 0 unspecified atom stereocenters. The van der Waals surface area contributed by atoms with Gasteiger partial charge in [0.1, 0.15) is 11.2 Å². The molecule has 0 aliphatic heterocycles. The zero-order valence-electron chi connectivity index (χ0n) is 26.2. The molecule has 5 nitrogen and oxygen atoms in total. The van der Waals surface area contributed by atoms with E-state index < -0.39 is 11.2 Å². The molecular formula is C36H47NO4. The van der Waals surface area contributed by atoms with Crippen LogP contribution in [0.1, 0.15) is 105 Å². The third-order valence-corrected chi connectivity index (χ3v) is 9.88. The van der Waals surface area contributed by atoms with E-state index in [1.807, 2.05) is 39.0 Å². The van der Waals surface area contributed by atoms with E-state index in [9.17, 15) is 14.7 Å². The minimum absolute atomic E-state index is 0.120. The van der Waals surface area contributed by atoms with Crippen molar-refractivity contribution in [3.63, 3.8) is 0 Å². The molecular weight excluding hydrogens is 510 g/mol. The lowest BCUT2D eigenvalue weighted by atomic mass is 9.51. The highest BCUT2D eigenvalue weighted by atomic mass is 16.6. The summed E-state index contributed by atoms with van der Waals surface area (Å²) < 4.78 is 5.57. The number of aliphatic hydroxyl groups is 1. The van der Waals surface area contributed by atoms with Gasteiger partial charge in [0.15, 0.2) is 5.78 Å². The predicted molar refractivity (Wildman–Crippen MR) is 164 cm³/mol. The first-order valence-electron chi connectivity index (χ1n) is 15.3. The molecule has 0 bridgehead atoms. The number of carbonyl (C=O) groups is 2. The van der Waals surface area contributed by atoms with E-state index >= 15 is 0 Å². The van der Waals surface area contributed by atoms with E-state index in [0.29, 0.717) is 24.7 Å². The summed E-state index contributed by atoms with van der Waals surface area (Å²) in [6, 6.07) is 8.27. The summed E-state index contributed by atoms with van der Waals surface area (Å²) in [5.74, 6) is 7.86. The molecule has 0 spiro atoms. The zero-order valence-corrected chi connectivity index (χ0v) is 26.2. The highest BCUT2D eigenvalue weighted by molar-refractivity contribution is 5.93. The Labute approximate surface area is 246 Å². The van der Waals surface area contributed by atoms with Crippen molar-refractivity contribution >= 4 is 17.6 Å². The van der Waals surface area contributed by atoms with E-state index in [-0.39, 0.29) is 28.6 Å². The monoisotopic (exact) mass is 557 g/mol. The Morgan fingerprint density at radius 1 is 1.05 bits per heavy atom. The average molecular weight is 558 g/mol. The molecule has 1 amide bonds. The van der Waals surface area contributed by atoms with Crippen LogP contribution in [0.3, 0.4) is 0 Å². The van der Waals surface area contributed by atoms with Crippen LogP contribution < -0.4 is 4.90 Å². The summed E-state index contributed by atoms with van der Waals surface area (Å²) in [5.41, 5.74) is 3.94. The van der Waals surface area contributed by atoms with Gasteiger partial charge in [-0.2, -0.15) is 0 Å². The van der Waals surface area contributed by atoms with Crippen LogP contribution >= 0.6 is 0 Å². The Morgan fingerprint density at radius 2 is 1.73 bits per heavy atom. The lowest BCUT2D eigenvalue weighted by molar-refractivity contribution is -0.114. The summed E-state index contributed by atoms with van der Waals surface area (Å²) in [6.07, 6.45) is 7.31. The Balaban J connectivity index is 1.57. The fourth-order valence-corrected chi connectivity index (χ4v) is 7.83. The Bertz CT molecular complexity index is 1360. The van der Waals surface area contributed by atoms with Gasteiger partial charge in [0.25, 0.3) is 0 Å². The second-order valence-electron chi connectivity index (χ2n) is 15.0. The molecule has 5 rings (SSSR count). The predicted octanol–water partition coefficient (Wildman–Crippen LogP) is 7.74. The smallest absolute Gasteiger partial charge is 0.414 e. The maximum Gasteiger partial charge on any atom is 0.414 e. The Hall–Kier alpha value is -2.84. The molecule has 5 heteroatoms. The van der Waals surface area contributed by atoms with Crippen molar-refractivity contribution < 1.29 is 19.4 Å². The van der Waals surface area contributed by atoms with Gasteiger partial charge >= 0.3 is 6.09 Å². The summed E-state index contributed by atoms with van der Waals surface area (Å²) in [5, 5.41) is 12.2. The van der Waals surface area contributed by atoms with E-state index in [2.05, 4.69) is 51.7 Å². The van der Waals surface area contributed by atoms with Crippen molar-refractivity contribution in [3.05, 3.63) is 52.6 Å². The lowest BCUT2D eigenvalue weighted by Crippen LogP contribution is -2.51. The second-order valence-corrected chi connectivity index (χ2v) is 15.0. The summed E-state index contributed by atoms with van der Waals surface area (Å²) in [4.78, 5) is 26.6. The van der Waals surface area contributed by atoms with Crippen LogP contribution in [-0.4, -0.2) is 35.2 Å². The molecule has 4 aliphatic carbocycles. The van der Waals surface area contributed by atoms with Crippen LogP contribution in [-0.2, 0) is 9.53 Å². The number of benzene rings is 1. The molecule has 0 aromatic heterocycles. The number of fused-ring (bicyclic) bond motifs is 4. The number of ketones is 1. The summed E-state index contributed by atoms with van der Waals surface area (Å²) in [7, 11) is 1.74. The van der Waals surface area contributed by atoms with E-state index in [1.165, 1.54) is 22.3 Å². The highest BCUT2D eigenvalue weighted by Gasteiger charge is 2.62.